The Morgan fingerprint density at radius 2 is 0.986 bits per heavy atom. The maximum absolute atomic E-state index is 5.36. The summed E-state index contributed by atoms with van der Waals surface area (Å²) < 4.78 is 2.16. The topological polar surface area (TPSA) is 34.0 Å². The van der Waals surface area contributed by atoms with E-state index in [1.807, 2.05) is 0 Å². The molecular weight excluding hydrogens is 897 g/mol. The zero-order valence-corrected chi connectivity index (χ0v) is 41.3. The highest BCUT2D eigenvalue weighted by atomic mass is 15.4. The van der Waals surface area contributed by atoms with E-state index in [9.17, 15) is 0 Å². The quantitative estimate of drug-likeness (QED) is 0.130. The number of anilines is 2. The number of nitrogens with zero attached hydrogens (tertiary/aromatic N) is 4. The van der Waals surface area contributed by atoms with E-state index in [0.717, 1.165) is 48.5 Å². The second-order valence-electron chi connectivity index (χ2n) is 19.8. The summed E-state index contributed by atoms with van der Waals surface area (Å²) in [7, 11) is 0. The van der Waals surface area contributed by atoms with Gasteiger partial charge in [0, 0.05) is 46.0 Å². The van der Waals surface area contributed by atoms with Crippen molar-refractivity contribution in [2.24, 2.45) is 17.8 Å². The molecule has 8 aromatic carbocycles. The van der Waals surface area contributed by atoms with Crippen LogP contribution in [0.25, 0.3) is 66.6 Å². The van der Waals surface area contributed by atoms with E-state index in [1.54, 1.807) is 0 Å². The third-order valence-electron chi connectivity index (χ3n) is 15.4. The molecule has 0 aliphatic heterocycles. The van der Waals surface area contributed by atoms with Crippen molar-refractivity contribution in [3.8, 4) is 45.0 Å². The van der Waals surface area contributed by atoms with Gasteiger partial charge in [0.25, 0.3) is 0 Å². The van der Waals surface area contributed by atoms with Crippen LogP contribution >= 0.6 is 0 Å². The first kappa shape index (κ1) is 45.0. The zero-order chi connectivity index (χ0) is 49.2. The zero-order valence-electron chi connectivity index (χ0n) is 41.3. The summed E-state index contributed by atoms with van der Waals surface area (Å²) >= 11 is 0. The van der Waals surface area contributed by atoms with Gasteiger partial charge in [-0.2, -0.15) is 0 Å². The molecule has 4 heteroatoms. The monoisotopic (exact) mass is 952 g/mol. The summed E-state index contributed by atoms with van der Waals surface area (Å²) in [6, 6.07) is 69.4. The molecule has 0 radical (unpaired) electrons. The lowest BCUT2D eigenvalue weighted by atomic mass is 9.70. The van der Waals surface area contributed by atoms with Crippen molar-refractivity contribution < 1.29 is 0 Å². The number of benzene rings is 8. The molecule has 9 aromatic rings. The van der Waals surface area contributed by atoms with Crippen molar-refractivity contribution in [3.05, 3.63) is 289 Å². The van der Waals surface area contributed by atoms with Gasteiger partial charge in [0.1, 0.15) is 0 Å². The van der Waals surface area contributed by atoms with E-state index < -0.39 is 0 Å². The Labute approximate surface area is 434 Å². The smallest absolute Gasteiger partial charge is 0.181 e. The summed E-state index contributed by atoms with van der Waals surface area (Å²) in [4.78, 5) is 7.73. The van der Waals surface area contributed by atoms with Gasteiger partial charge in [-0.15, -0.1) is 5.10 Å². The molecular formula is C70H56N4. The molecule has 0 saturated heterocycles. The Morgan fingerprint density at radius 3 is 1.58 bits per heavy atom. The van der Waals surface area contributed by atoms with Gasteiger partial charge in [-0.3, -0.25) is 0 Å². The number of fused-ring (bicyclic) bond motifs is 2. The van der Waals surface area contributed by atoms with Crippen molar-refractivity contribution in [1.29, 1.82) is 0 Å². The van der Waals surface area contributed by atoms with Crippen molar-refractivity contribution in [2.75, 3.05) is 4.90 Å². The van der Waals surface area contributed by atoms with Crippen LogP contribution in [-0.4, -0.2) is 14.8 Å². The fourth-order valence-corrected chi connectivity index (χ4v) is 11.7. The summed E-state index contributed by atoms with van der Waals surface area (Å²) in [6.45, 7) is 0. The number of para-hydroxylation sites is 2. The fourth-order valence-electron chi connectivity index (χ4n) is 11.7. The third kappa shape index (κ3) is 8.73. The molecule has 1 heterocycles. The van der Waals surface area contributed by atoms with Crippen molar-refractivity contribution in [2.45, 2.75) is 31.7 Å². The van der Waals surface area contributed by atoms with Gasteiger partial charge < -0.3 is 4.90 Å². The van der Waals surface area contributed by atoms with E-state index in [2.05, 4.69) is 277 Å². The first-order chi connectivity index (χ1) is 36.7. The molecule has 4 aliphatic rings. The lowest BCUT2D eigenvalue weighted by molar-refractivity contribution is 0.531. The van der Waals surface area contributed by atoms with Crippen LogP contribution in [0.1, 0.15) is 31.7 Å². The lowest BCUT2D eigenvalue weighted by Crippen LogP contribution is -2.23. The van der Waals surface area contributed by atoms with Crippen LogP contribution < -0.4 is 4.90 Å². The molecule has 4 unspecified atom stereocenters. The van der Waals surface area contributed by atoms with E-state index in [4.69, 9.17) is 10.1 Å². The van der Waals surface area contributed by atoms with E-state index >= 15 is 0 Å². The Balaban J connectivity index is 0.781. The average Bonchev–Trinajstić information content (AvgIpc) is 3.94. The van der Waals surface area contributed by atoms with Gasteiger partial charge in [-0.05, 0) is 117 Å². The Hall–Kier alpha value is -8.86. The van der Waals surface area contributed by atoms with Crippen LogP contribution in [-0.2, 0) is 0 Å². The molecule has 356 valence electrons. The summed E-state index contributed by atoms with van der Waals surface area (Å²) in [5, 5.41) is 10.3. The van der Waals surface area contributed by atoms with Crippen LogP contribution in [0, 0.1) is 17.8 Å². The molecule has 13 rings (SSSR count). The standard InChI is InChI=1S/C70H56N4/c1-3-21-57(22-4-1)73(58-23-5-2-6-24-58)59-45-41-53(42-46-59)65-27-11-13-29-67(65)68-30-14-12-28-66(68)54-43-47-60(48-44-54)74-70(56-39-35-52(36-40-56)64-32-16-20-50-18-8-10-26-62(50)64)71-69(72-74)55-37-33-51(34-38-55)63-31-15-19-49-17-7-9-25-61(49)63/h1-10,12,14-41,43-47,53,60,66,68H,11,13,42,48H2. The van der Waals surface area contributed by atoms with Crippen molar-refractivity contribution in [1.82, 2.24) is 14.8 Å². The summed E-state index contributed by atoms with van der Waals surface area (Å²) in [5.74, 6) is 2.37. The molecule has 0 bridgehead atoms. The van der Waals surface area contributed by atoms with Crippen LogP contribution in [0.3, 0.4) is 0 Å². The highest BCUT2D eigenvalue weighted by Gasteiger charge is 2.32. The predicted molar refractivity (Wildman–Crippen MR) is 309 cm³/mol. The first-order valence-corrected chi connectivity index (χ1v) is 26.3. The maximum atomic E-state index is 5.36. The summed E-state index contributed by atoms with van der Waals surface area (Å²) in [6.07, 6.45) is 32.7. The SMILES string of the molecule is C1=CC(C2=CCC(n3nc(-c4ccc(-c5cccc6ccccc56)cc4)nc3-c3ccc(-c4cccc5ccccc45)cc3)C=C2)C(C2=CCCC=C2C2C=CC(N(c3ccccc3)c3ccccc3)=CC2)C=C1. The molecule has 4 atom stereocenters. The number of hydrogen-bond acceptors (Lipinski definition) is 3. The second kappa shape index (κ2) is 20.0. The molecule has 0 fully saturated rings. The van der Waals surface area contributed by atoms with E-state index in [-0.39, 0.29) is 17.9 Å². The molecule has 0 N–H and O–H groups in total. The number of rotatable bonds is 11. The Bertz CT molecular complexity index is 3740. The summed E-state index contributed by atoms with van der Waals surface area (Å²) in [5.41, 5.74) is 14.7. The molecule has 0 spiro atoms. The second-order valence-corrected chi connectivity index (χ2v) is 19.8. The van der Waals surface area contributed by atoms with E-state index in [1.165, 1.54) is 77.6 Å². The minimum absolute atomic E-state index is 0.00619. The van der Waals surface area contributed by atoms with Crippen LogP contribution in [0.5, 0.6) is 0 Å². The highest BCUT2D eigenvalue weighted by molar-refractivity contribution is 5.98. The Morgan fingerprint density at radius 1 is 0.432 bits per heavy atom. The van der Waals surface area contributed by atoms with Gasteiger partial charge in [0.15, 0.2) is 11.6 Å². The fraction of sp³-hybridized carbons (Fsp3) is 0.114. The number of allylic oxidation sites excluding steroid dienone is 15. The lowest BCUT2D eigenvalue weighted by Gasteiger charge is -2.35. The minimum atomic E-state index is -0.00619. The molecule has 4 aliphatic carbocycles. The van der Waals surface area contributed by atoms with Gasteiger partial charge in [-0.1, -0.05) is 237 Å². The molecule has 0 saturated carbocycles. The molecule has 74 heavy (non-hydrogen) atoms. The normalized spacial score (nSPS) is 19.2. The highest BCUT2D eigenvalue weighted by Crippen LogP contribution is 2.45. The van der Waals surface area contributed by atoms with Crippen LogP contribution in [0.15, 0.2) is 289 Å². The third-order valence-corrected chi connectivity index (χ3v) is 15.4. The predicted octanol–water partition coefficient (Wildman–Crippen LogP) is 18.0. The van der Waals surface area contributed by atoms with Gasteiger partial charge in [-0.25, -0.2) is 9.67 Å². The number of hydrogen-bond donors (Lipinski definition) is 0. The first-order valence-electron chi connectivity index (χ1n) is 26.3. The largest absolute Gasteiger partial charge is 0.311 e. The molecule has 4 nitrogen and oxygen atoms in total. The maximum Gasteiger partial charge on any atom is 0.181 e. The van der Waals surface area contributed by atoms with Crippen molar-refractivity contribution in [3.63, 3.8) is 0 Å². The van der Waals surface area contributed by atoms with Crippen LogP contribution in [0.2, 0.25) is 0 Å². The number of aromatic nitrogens is 3. The van der Waals surface area contributed by atoms with Crippen molar-refractivity contribution >= 4 is 32.9 Å². The van der Waals surface area contributed by atoms with Gasteiger partial charge in [0.05, 0.1) is 6.04 Å². The average molecular weight is 953 g/mol. The molecule has 1 aromatic heterocycles. The minimum Gasteiger partial charge on any atom is -0.311 e. The van der Waals surface area contributed by atoms with E-state index in [0.29, 0.717) is 5.92 Å². The van der Waals surface area contributed by atoms with Gasteiger partial charge >= 0.3 is 0 Å². The van der Waals surface area contributed by atoms with Gasteiger partial charge in [0.2, 0.25) is 0 Å². The Kier molecular flexibility index (Phi) is 12.2. The molecule has 0 amide bonds. The van der Waals surface area contributed by atoms with Crippen LogP contribution in [0.4, 0.5) is 11.4 Å².